The summed E-state index contributed by atoms with van der Waals surface area (Å²) in [5.74, 6) is -0.128. The zero-order chi connectivity index (χ0) is 15.7. The molecule has 0 unspecified atom stereocenters. The Morgan fingerprint density at radius 2 is 1.77 bits per heavy atom. The number of hydrogen-bond acceptors (Lipinski definition) is 4. The van der Waals surface area contributed by atoms with E-state index in [2.05, 4.69) is 6.92 Å². The number of hydrogen-bond donors (Lipinski definition) is 2. The van der Waals surface area contributed by atoms with Gasteiger partial charge in [-0.25, -0.2) is 4.79 Å². The maximum Gasteiger partial charge on any atom is 0.344 e. The Bertz CT molecular complexity index is 893. The largest absolute Gasteiger partial charge is 0.504 e. The van der Waals surface area contributed by atoms with E-state index in [9.17, 15) is 15.0 Å². The summed E-state index contributed by atoms with van der Waals surface area (Å²) in [6, 6.07) is 12.1. The van der Waals surface area contributed by atoms with Crippen molar-refractivity contribution < 1.29 is 14.6 Å². The summed E-state index contributed by atoms with van der Waals surface area (Å²) >= 11 is 0. The molecule has 0 fully saturated rings. The lowest BCUT2D eigenvalue weighted by atomic mass is 10.00. The highest BCUT2D eigenvalue weighted by molar-refractivity contribution is 5.87. The molecule has 112 valence electrons. The Morgan fingerprint density at radius 3 is 2.55 bits per heavy atom. The third-order valence-electron chi connectivity index (χ3n) is 3.66. The van der Waals surface area contributed by atoms with E-state index < -0.39 is 5.63 Å². The van der Waals surface area contributed by atoms with Gasteiger partial charge in [0.2, 0.25) is 0 Å². The molecule has 0 radical (unpaired) electrons. The Balaban J connectivity index is 2.25. The monoisotopic (exact) mass is 296 g/mol. The van der Waals surface area contributed by atoms with Crippen LogP contribution in [0.15, 0.2) is 51.7 Å². The zero-order valence-electron chi connectivity index (χ0n) is 12.2. The Kier molecular flexibility index (Phi) is 3.59. The lowest BCUT2D eigenvalue weighted by Crippen LogP contribution is -2.01. The molecule has 3 aromatic rings. The highest BCUT2D eigenvalue weighted by Crippen LogP contribution is 2.32. The molecule has 4 heteroatoms. The fourth-order valence-electron chi connectivity index (χ4n) is 2.60. The van der Waals surface area contributed by atoms with Crippen molar-refractivity contribution >= 4 is 10.8 Å². The van der Waals surface area contributed by atoms with Crippen molar-refractivity contribution in [2.45, 2.75) is 19.8 Å². The van der Waals surface area contributed by atoms with Crippen molar-refractivity contribution in [3.63, 3.8) is 0 Å². The number of aromatic hydroxyl groups is 2. The van der Waals surface area contributed by atoms with Gasteiger partial charge in [0.25, 0.3) is 0 Å². The smallest absolute Gasteiger partial charge is 0.344 e. The minimum atomic E-state index is -0.533. The summed E-state index contributed by atoms with van der Waals surface area (Å²) in [6.07, 6.45) is 1.88. The van der Waals surface area contributed by atoms with Crippen LogP contribution in [0, 0.1) is 0 Å². The second-order valence-corrected chi connectivity index (χ2v) is 5.23. The van der Waals surface area contributed by atoms with Crippen molar-refractivity contribution in [1.82, 2.24) is 0 Å². The summed E-state index contributed by atoms with van der Waals surface area (Å²) in [5.41, 5.74) is 1.44. The molecule has 2 aromatic carbocycles. The zero-order valence-corrected chi connectivity index (χ0v) is 12.2. The van der Waals surface area contributed by atoms with Gasteiger partial charge in [-0.15, -0.1) is 0 Å². The minimum absolute atomic E-state index is 0.243. The van der Waals surface area contributed by atoms with Crippen molar-refractivity contribution in [3.8, 4) is 22.8 Å². The summed E-state index contributed by atoms with van der Waals surface area (Å²) < 4.78 is 5.41. The van der Waals surface area contributed by atoms with Crippen molar-refractivity contribution in [1.29, 1.82) is 0 Å². The van der Waals surface area contributed by atoms with Crippen LogP contribution in [0.1, 0.15) is 18.9 Å². The second-order valence-electron chi connectivity index (χ2n) is 5.23. The highest BCUT2D eigenvalue weighted by Gasteiger charge is 2.12. The van der Waals surface area contributed by atoms with Crippen LogP contribution in [0.25, 0.3) is 22.1 Å². The normalized spacial score (nSPS) is 11.0. The molecule has 0 aliphatic carbocycles. The first-order valence-corrected chi connectivity index (χ1v) is 7.18. The molecule has 0 saturated carbocycles. The lowest BCUT2D eigenvalue weighted by molar-refractivity contribution is 0.404. The Hall–Kier alpha value is -2.75. The number of rotatable bonds is 3. The topological polar surface area (TPSA) is 70.7 Å². The molecular formula is C18H16O4. The molecule has 4 nitrogen and oxygen atoms in total. The molecule has 0 aliphatic heterocycles. The quantitative estimate of drug-likeness (QED) is 0.721. The maximum absolute atomic E-state index is 12.1. The van der Waals surface area contributed by atoms with Gasteiger partial charge in [-0.1, -0.05) is 37.6 Å². The first-order chi connectivity index (χ1) is 10.6. The number of phenols is 2. The van der Waals surface area contributed by atoms with Gasteiger partial charge < -0.3 is 14.6 Å². The van der Waals surface area contributed by atoms with Crippen LogP contribution in [0.5, 0.6) is 11.5 Å². The minimum Gasteiger partial charge on any atom is -0.504 e. The van der Waals surface area contributed by atoms with E-state index in [1.165, 1.54) is 12.1 Å². The summed E-state index contributed by atoms with van der Waals surface area (Å²) in [4.78, 5) is 12.1. The lowest BCUT2D eigenvalue weighted by Gasteiger charge is -2.09. The number of phenolic OH excluding ortho intramolecular Hbond substituents is 2. The maximum atomic E-state index is 12.1. The Labute approximate surface area is 127 Å². The molecule has 0 aliphatic rings. The predicted octanol–water partition coefficient (Wildman–Crippen LogP) is 3.82. The fourth-order valence-corrected chi connectivity index (χ4v) is 2.60. The van der Waals surface area contributed by atoms with Crippen molar-refractivity contribution in [2.24, 2.45) is 0 Å². The molecule has 1 aromatic heterocycles. The van der Waals surface area contributed by atoms with Crippen LogP contribution in [0.2, 0.25) is 0 Å². The van der Waals surface area contributed by atoms with Crippen LogP contribution < -0.4 is 5.63 Å². The molecule has 0 spiro atoms. The molecule has 0 amide bonds. The standard InChI is InChI=1S/C18H16O4/c1-2-5-11-6-3-4-7-13(11)17-9-12-8-15(19)16(20)10-14(12)18(21)22-17/h3-4,6-10,19-20H,2,5H2,1H3. The molecule has 1 heterocycles. The van der Waals surface area contributed by atoms with Crippen molar-refractivity contribution in [2.75, 3.05) is 0 Å². The molecule has 0 saturated heterocycles. The van der Waals surface area contributed by atoms with Gasteiger partial charge in [-0.3, -0.25) is 0 Å². The molecule has 0 bridgehead atoms. The average Bonchev–Trinajstić information content (AvgIpc) is 2.50. The van der Waals surface area contributed by atoms with Crippen LogP contribution in [-0.2, 0) is 6.42 Å². The first-order valence-electron chi connectivity index (χ1n) is 7.18. The van der Waals surface area contributed by atoms with Crippen LogP contribution in [0.3, 0.4) is 0 Å². The summed E-state index contributed by atoms with van der Waals surface area (Å²) in [5, 5.41) is 19.9. The fraction of sp³-hybridized carbons (Fsp3) is 0.167. The van der Waals surface area contributed by atoms with Gasteiger partial charge in [0.1, 0.15) is 5.76 Å². The summed E-state index contributed by atoms with van der Waals surface area (Å²) in [7, 11) is 0. The predicted molar refractivity (Wildman–Crippen MR) is 85.2 cm³/mol. The van der Waals surface area contributed by atoms with E-state index in [0.717, 1.165) is 24.0 Å². The van der Waals surface area contributed by atoms with Gasteiger partial charge in [0.05, 0.1) is 5.39 Å². The molecule has 0 atom stereocenters. The van der Waals surface area contributed by atoms with Crippen LogP contribution >= 0.6 is 0 Å². The van der Waals surface area contributed by atoms with E-state index >= 15 is 0 Å². The third-order valence-corrected chi connectivity index (χ3v) is 3.66. The number of fused-ring (bicyclic) bond motifs is 1. The van der Waals surface area contributed by atoms with E-state index in [4.69, 9.17) is 4.42 Å². The molecule has 2 N–H and O–H groups in total. The van der Waals surface area contributed by atoms with E-state index in [1.807, 2.05) is 24.3 Å². The van der Waals surface area contributed by atoms with E-state index in [1.54, 1.807) is 6.07 Å². The SMILES string of the molecule is CCCc1ccccc1-c1cc2cc(O)c(O)cc2c(=O)o1. The number of benzene rings is 2. The molecular weight excluding hydrogens is 280 g/mol. The number of aryl methyl sites for hydroxylation is 1. The van der Waals surface area contributed by atoms with Gasteiger partial charge in [0, 0.05) is 5.56 Å². The molecule has 3 rings (SSSR count). The van der Waals surface area contributed by atoms with Crippen molar-refractivity contribution in [3.05, 3.63) is 58.4 Å². The van der Waals surface area contributed by atoms with Crippen LogP contribution in [0.4, 0.5) is 0 Å². The third kappa shape index (κ3) is 2.44. The first kappa shape index (κ1) is 14.2. The van der Waals surface area contributed by atoms with Gasteiger partial charge >= 0.3 is 5.63 Å². The highest BCUT2D eigenvalue weighted by atomic mass is 16.4. The van der Waals surface area contributed by atoms with Gasteiger partial charge in [0.15, 0.2) is 11.5 Å². The van der Waals surface area contributed by atoms with Gasteiger partial charge in [-0.05, 0) is 35.6 Å². The van der Waals surface area contributed by atoms with E-state index in [-0.39, 0.29) is 16.9 Å². The van der Waals surface area contributed by atoms with Crippen LogP contribution in [-0.4, -0.2) is 10.2 Å². The molecule has 22 heavy (non-hydrogen) atoms. The average molecular weight is 296 g/mol. The Morgan fingerprint density at radius 1 is 1.05 bits per heavy atom. The van der Waals surface area contributed by atoms with Gasteiger partial charge in [-0.2, -0.15) is 0 Å². The second kappa shape index (κ2) is 5.56. The summed E-state index contributed by atoms with van der Waals surface area (Å²) in [6.45, 7) is 2.09. The van der Waals surface area contributed by atoms with E-state index in [0.29, 0.717) is 11.1 Å².